The molecule has 0 aliphatic carbocycles. The zero-order valence-electron chi connectivity index (χ0n) is 6.89. The van der Waals surface area contributed by atoms with Gasteiger partial charge in [-0.3, -0.25) is 0 Å². The second-order valence-electron chi connectivity index (χ2n) is 2.60. The third-order valence-electron chi connectivity index (χ3n) is 1.51. The van der Waals surface area contributed by atoms with Gasteiger partial charge in [0.05, 0.1) is 0 Å². The van der Waals surface area contributed by atoms with Gasteiger partial charge in [-0.05, 0) is 27.8 Å². The van der Waals surface area contributed by atoms with Crippen molar-refractivity contribution in [3.05, 3.63) is 12.2 Å². The Labute approximate surface area is 58.4 Å². The molecule has 0 heterocycles. The van der Waals surface area contributed by atoms with Crippen LogP contribution in [0.3, 0.4) is 0 Å². The van der Waals surface area contributed by atoms with Crippen LogP contribution in [0, 0.1) is 0 Å². The Morgan fingerprint density at radius 3 is 2.33 bits per heavy atom. The van der Waals surface area contributed by atoms with E-state index in [2.05, 4.69) is 37.9 Å². The molecule has 0 amide bonds. The standard InChI is InChI=1S/C8H17N/c1-5-6-7-9(4)8(2)3/h5-6,8H,7H2,1-4H3/b6-5-. The number of allylic oxidation sites excluding steroid dienone is 1. The Morgan fingerprint density at radius 1 is 1.44 bits per heavy atom. The van der Waals surface area contributed by atoms with Crippen molar-refractivity contribution < 1.29 is 0 Å². The molecule has 0 radical (unpaired) electrons. The van der Waals surface area contributed by atoms with Crippen LogP contribution in [0.15, 0.2) is 12.2 Å². The average molecular weight is 127 g/mol. The predicted molar refractivity (Wildman–Crippen MR) is 42.6 cm³/mol. The van der Waals surface area contributed by atoms with Crippen LogP contribution in [-0.4, -0.2) is 24.5 Å². The first-order chi connectivity index (χ1) is 4.18. The maximum absolute atomic E-state index is 2.29. The molecule has 0 aliphatic heterocycles. The van der Waals surface area contributed by atoms with Crippen molar-refractivity contribution in [3.63, 3.8) is 0 Å². The molecule has 0 bridgehead atoms. The van der Waals surface area contributed by atoms with Gasteiger partial charge in [-0.2, -0.15) is 0 Å². The summed E-state index contributed by atoms with van der Waals surface area (Å²) in [6, 6.07) is 0.654. The van der Waals surface area contributed by atoms with Gasteiger partial charge in [-0.1, -0.05) is 12.2 Å². The number of rotatable bonds is 3. The van der Waals surface area contributed by atoms with Crippen LogP contribution in [0.2, 0.25) is 0 Å². The lowest BCUT2D eigenvalue weighted by atomic mass is 10.3. The largest absolute Gasteiger partial charge is 0.300 e. The summed E-state index contributed by atoms with van der Waals surface area (Å²) < 4.78 is 0. The first-order valence-electron chi connectivity index (χ1n) is 3.50. The molecule has 0 atom stereocenters. The van der Waals surface area contributed by atoms with Crippen LogP contribution in [-0.2, 0) is 0 Å². The molecule has 0 aromatic carbocycles. The van der Waals surface area contributed by atoms with Gasteiger partial charge in [0.25, 0.3) is 0 Å². The molecule has 0 saturated carbocycles. The first kappa shape index (κ1) is 8.70. The molecule has 0 rings (SSSR count). The zero-order chi connectivity index (χ0) is 7.28. The first-order valence-corrected chi connectivity index (χ1v) is 3.50. The average Bonchev–Trinajstić information content (AvgIpc) is 1.82. The van der Waals surface area contributed by atoms with Crippen LogP contribution >= 0.6 is 0 Å². The Morgan fingerprint density at radius 2 is 2.00 bits per heavy atom. The minimum atomic E-state index is 0.654. The summed E-state index contributed by atoms with van der Waals surface area (Å²) in [6.45, 7) is 7.51. The number of hydrogen-bond acceptors (Lipinski definition) is 1. The van der Waals surface area contributed by atoms with Gasteiger partial charge in [-0.25, -0.2) is 0 Å². The smallest absolute Gasteiger partial charge is 0.0162 e. The van der Waals surface area contributed by atoms with Crippen molar-refractivity contribution in [2.75, 3.05) is 13.6 Å². The van der Waals surface area contributed by atoms with Gasteiger partial charge in [0.15, 0.2) is 0 Å². The van der Waals surface area contributed by atoms with Crippen molar-refractivity contribution in [2.24, 2.45) is 0 Å². The molecule has 0 fully saturated rings. The number of likely N-dealkylation sites (N-methyl/N-ethyl adjacent to an activating group) is 1. The SMILES string of the molecule is C/C=C\CN(C)C(C)C. The van der Waals surface area contributed by atoms with E-state index < -0.39 is 0 Å². The highest BCUT2D eigenvalue weighted by Gasteiger charge is 1.97. The van der Waals surface area contributed by atoms with Crippen molar-refractivity contribution >= 4 is 0 Å². The van der Waals surface area contributed by atoms with Gasteiger partial charge >= 0.3 is 0 Å². The summed E-state index contributed by atoms with van der Waals surface area (Å²) in [5.74, 6) is 0. The fraction of sp³-hybridized carbons (Fsp3) is 0.750. The van der Waals surface area contributed by atoms with E-state index in [1.165, 1.54) is 0 Å². The lowest BCUT2D eigenvalue weighted by Crippen LogP contribution is -2.26. The maximum Gasteiger partial charge on any atom is 0.0162 e. The van der Waals surface area contributed by atoms with E-state index in [4.69, 9.17) is 0 Å². The monoisotopic (exact) mass is 127 g/mol. The summed E-state index contributed by atoms with van der Waals surface area (Å²) in [6.07, 6.45) is 4.25. The van der Waals surface area contributed by atoms with Crippen LogP contribution in [0.4, 0.5) is 0 Å². The van der Waals surface area contributed by atoms with Gasteiger partial charge in [-0.15, -0.1) is 0 Å². The third kappa shape index (κ3) is 4.22. The molecular weight excluding hydrogens is 110 g/mol. The zero-order valence-corrected chi connectivity index (χ0v) is 6.89. The highest BCUT2D eigenvalue weighted by Crippen LogP contribution is 1.91. The summed E-state index contributed by atoms with van der Waals surface area (Å²) in [5.41, 5.74) is 0. The Hall–Kier alpha value is -0.300. The topological polar surface area (TPSA) is 3.24 Å². The predicted octanol–water partition coefficient (Wildman–Crippen LogP) is 1.90. The van der Waals surface area contributed by atoms with Crippen LogP contribution in [0.1, 0.15) is 20.8 Å². The highest BCUT2D eigenvalue weighted by molar-refractivity contribution is 4.80. The Kier molecular flexibility index (Phi) is 4.41. The van der Waals surface area contributed by atoms with Gasteiger partial charge in [0, 0.05) is 12.6 Å². The molecule has 0 aromatic heterocycles. The maximum atomic E-state index is 2.29. The summed E-state index contributed by atoms with van der Waals surface area (Å²) >= 11 is 0. The lowest BCUT2D eigenvalue weighted by Gasteiger charge is -2.18. The van der Waals surface area contributed by atoms with E-state index in [-0.39, 0.29) is 0 Å². The van der Waals surface area contributed by atoms with Crippen LogP contribution < -0.4 is 0 Å². The highest BCUT2D eigenvalue weighted by atomic mass is 15.1. The molecule has 0 N–H and O–H groups in total. The minimum absolute atomic E-state index is 0.654. The second kappa shape index (κ2) is 4.57. The second-order valence-corrected chi connectivity index (χ2v) is 2.60. The van der Waals surface area contributed by atoms with E-state index in [0.29, 0.717) is 6.04 Å². The van der Waals surface area contributed by atoms with Gasteiger partial charge in [0.2, 0.25) is 0 Å². The van der Waals surface area contributed by atoms with E-state index in [1.807, 2.05) is 6.92 Å². The van der Waals surface area contributed by atoms with E-state index in [1.54, 1.807) is 0 Å². The fourth-order valence-electron chi connectivity index (χ4n) is 0.482. The molecule has 54 valence electrons. The molecule has 0 spiro atoms. The minimum Gasteiger partial charge on any atom is -0.300 e. The molecule has 0 saturated heterocycles. The molecule has 0 aromatic rings. The van der Waals surface area contributed by atoms with Gasteiger partial charge < -0.3 is 4.90 Å². The van der Waals surface area contributed by atoms with Crippen molar-refractivity contribution in [3.8, 4) is 0 Å². The van der Waals surface area contributed by atoms with E-state index in [9.17, 15) is 0 Å². The normalized spacial score (nSPS) is 12.2. The van der Waals surface area contributed by atoms with Crippen molar-refractivity contribution in [2.45, 2.75) is 26.8 Å². The van der Waals surface area contributed by atoms with Crippen LogP contribution in [0.5, 0.6) is 0 Å². The van der Waals surface area contributed by atoms with Crippen LogP contribution in [0.25, 0.3) is 0 Å². The summed E-state index contributed by atoms with van der Waals surface area (Å²) in [7, 11) is 2.13. The Balaban J connectivity index is 3.38. The molecule has 1 heteroatoms. The Bertz CT molecular complexity index is 84.6. The quantitative estimate of drug-likeness (QED) is 0.523. The fourth-order valence-corrected chi connectivity index (χ4v) is 0.482. The summed E-state index contributed by atoms with van der Waals surface area (Å²) in [4.78, 5) is 2.29. The molecular formula is C8H17N. The third-order valence-corrected chi connectivity index (χ3v) is 1.51. The number of nitrogens with zero attached hydrogens (tertiary/aromatic N) is 1. The molecule has 0 aliphatic rings. The van der Waals surface area contributed by atoms with E-state index in [0.717, 1.165) is 6.54 Å². The van der Waals surface area contributed by atoms with Gasteiger partial charge in [0.1, 0.15) is 0 Å². The van der Waals surface area contributed by atoms with Crippen molar-refractivity contribution in [1.29, 1.82) is 0 Å². The van der Waals surface area contributed by atoms with E-state index >= 15 is 0 Å². The lowest BCUT2D eigenvalue weighted by molar-refractivity contribution is 0.303. The summed E-state index contributed by atoms with van der Waals surface area (Å²) in [5, 5.41) is 0. The molecule has 9 heavy (non-hydrogen) atoms. The van der Waals surface area contributed by atoms with Crippen molar-refractivity contribution in [1.82, 2.24) is 4.90 Å². The molecule has 0 unspecified atom stereocenters. The molecule has 1 nitrogen and oxygen atoms in total. The number of hydrogen-bond donors (Lipinski definition) is 0.